The van der Waals surface area contributed by atoms with E-state index in [1.807, 2.05) is 49.4 Å². The van der Waals surface area contributed by atoms with Gasteiger partial charge in [0, 0.05) is 10.5 Å². The molecule has 0 aliphatic carbocycles. The molecule has 0 spiro atoms. The van der Waals surface area contributed by atoms with Crippen molar-refractivity contribution in [2.75, 3.05) is 0 Å². The van der Waals surface area contributed by atoms with Crippen LogP contribution in [0.2, 0.25) is 0 Å². The highest BCUT2D eigenvalue weighted by Gasteiger charge is 2.04. The average molecular weight is 320 g/mol. The van der Waals surface area contributed by atoms with E-state index in [1.54, 1.807) is 0 Å². The van der Waals surface area contributed by atoms with Crippen molar-refractivity contribution in [1.82, 2.24) is 0 Å². The Labute approximate surface area is 122 Å². The van der Waals surface area contributed by atoms with Crippen molar-refractivity contribution in [2.24, 2.45) is 5.73 Å². The van der Waals surface area contributed by atoms with Crippen LogP contribution in [-0.2, 0) is 0 Å². The molecule has 0 bridgehead atoms. The van der Waals surface area contributed by atoms with Gasteiger partial charge in [0.05, 0.1) is 0 Å². The van der Waals surface area contributed by atoms with Crippen molar-refractivity contribution in [1.29, 1.82) is 0 Å². The average Bonchev–Trinajstić information content (AvgIpc) is 2.43. The number of rotatable bonds is 4. The van der Waals surface area contributed by atoms with E-state index in [0.29, 0.717) is 0 Å². The van der Waals surface area contributed by atoms with Gasteiger partial charge in [0.1, 0.15) is 11.5 Å². The maximum absolute atomic E-state index is 5.99. The summed E-state index contributed by atoms with van der Waals surface area (Å²) in [5.74, 6) is 1.67. The third-order valence-corrected chi connectivity index (χ3v) is 4.00. The molecule has 2 aromatic rings. The lowest BCUT2D eigenvalue weighted by molar-refractivity contribution is 0.481. The molecular weight excluding hydrogens is 302 g/mol. The number of benzene rings is 2. The predicted octanol–water partition coefficient (Wildman–Crippen LogP) is 4.96. The fourth-order valence-electron chi connectivity index (χ4n) is 1.84. The van der Waals surface area contributed by atoms with E-state index in [4.69, 9.17) is 10.5 Å². The Balaban J connectivity index is 2.12. The van der Waals surface area contributed by atoms with Crippen LogP contribution >= 0.6 is 15.9 Å². The zero-order valence-electron chi connectivity index (χ0n) is 11.2. The molecule has 2 rings (SSSR count). The minimum Gasteiger partial charge on any atom is -0.457 e. The molecule has 0 aromatic heterocycles. The Hall–Kier alpha value is -1.32. The van der Waals surface area contributed by atoms with Crippen LogP contribution in [0.15, 0.2) is 46.9 Å². The molecule has 100 valence electrons. The van der Waals surface area contributed by atoms with Crippen molar-refractivity contribution in [3.8, 4) is 11.5 Å². The summed E-state index contributed by atoms with van der Waals surface area (Å²) in [5.41, 5.74) is 8.28. The molecule has 0 heterocycles. The molecule has 1 atom stereocenters. The Morgan fingerprint density at radius 2 is 1.74 bits per heavy atom. The van der Waals surface area contributed by atoms with Gasteiger partial charge < -0.3 is 10.5 Å². The van der Waals surface area contributed by atoms with Gasteiger partial charge in [-0.05, 0) is 54.8 Å². The summed E-state index contributed by atoms with van der Waals surface area (Å²) in [4.78, 5) is 0. The third kappa shape index (κ3) is 3.58. The molecule has 0 aliphatic heterocycles. The van der Waals surface area contributed by atoms with Gasteiger partial charge in [0.25, 0.3) is 0 Å². The Morgan fingerprint density at radius 3 is 2.32 bits per heavy atom. The molecule has 0 radical (unpaired) electrons. The summed E-state index contributed by atoms with van der Waals surface area (Å²) >= 11 is 3.48. The number of hydrogen-bond donors (Lipinski definition) is 1. The topological polar surface area (TPSA) is 35.2 Å². The quantitative estimate of drug-likeness (QED) is 0.864. The number of aryl methyl sites for hydroxylation is 1. The molecule has 3 heteroatoms. The second kappa shape index (κ2) is 6.22. The number of halogens is 1. The summed E-state index contributed by atoms with van der Waals surface area (Å²) in [6, 6.07) is 14.0. The smallest absolute Gasteiger partial charge is 0.127 e. The van der Waals surface area contributed by atoms with Gasteiger partial charge in [-0.25, -0.2) is 0 Å². The van der Waals surface area contributed by atoms with Crippen molar-refractivity contribution in [3.05, 3.63) is 58.1 Å². The lowest BCUT2D eigenvalue weighted by Crippen LogP contribution is -2.07. The van der Waals surface area contributed by atoms with E-state index >= 15 is 0 Å². The molecule has 0 saturated carbocycles. The fourth-order valence-corrected chi connectivity index (χ4v) is 2.08. The predicted molar refractivity (Wildman–Crippen MR) is 82.6 cm³/mol. The van der Waals surface area contributed by atoms with Crippen LogP contribution in [-0.4, -0.2) is 0 Å². The van der Waals surface area contributed by atoms with Gasteiger partial charge in [0.2, 0.25) is 0 Å². The molecule has 0 fully saturated rings. The van der Waals surface area contributed by atoms with E-state index in [2.05, 4.69) is 22.9 Å². The summed E-state index contributed by atoms with van der Waals surface area (Å²) in [5, 5.41) is 0. The first kappa shape index (κ1) is 14.1. The van der Waals surface area contributed by atoms with Crippen LogP contribution in [0, 0.1) is 6.92 Å². The van der Waals surface area contributed by atoms with Crippen LogP contribution in [0.3, 0.4) is 0 Å². The highest BCUT2D eigenvalue weighted by atomic mass is 79.9. The number of ether oxygens (including phenoxy) is 1. The van der Waals surface area contributed by atoms with Gasteiger partial charge in [0.15, 0.2) is 0 Å². The lowest BCUT2D eigenvalue weighted by Gasteiger charge is -2.11. The zero-order valence-corrected chi connectivity index (χ0v) is 12.8. The largest absolute Gasteiger partial charge is 0.457 e. The van der Waals surface area contributed by atoms with Crippen molar-refractivity contribution in [2.45, 2.75) is 26.3 Å². The molecule has 2 nitrogen and oxygen atoms in total. The molecule has 0 amide bonds. The highest BCUT2D eigenvalue weighted by molar-refractivity contribution is 9.10. The van der Waals surface area contributed by atoms with E-state index in [1.165, 1.54) is 0 Å². The first-order chi connectivity index (χ1) is 9.10. The SMILES string of the molecule is CC[C@@H](N)c1ccc(Oc2ccc(Br)c(C)c2)cc1. The molecule has 19 heavy (non-hydrogen) atoms. The molecule has 0 aliphatic rings. The lowest BCUT2D eigenvalue weighted by atomic mass is 10.1. The summed E-state index contributed by atoms with van der Waals surface area (Å²) < 4.78 is 6.91. The standard InChI is InChI=1S/C16H18BrNO/c1-3-16(18)12-4-6-13(7-5-12)19-14-8-9-15(17)11(2)10-14/h4-10,16H,3,18H2,1-2H3/t16-/m1/s1. The number of nitrogens with two attached hydrogens (primary N) is 1. The monoisotopic (exact) mass is 319 g/mol. The van der Waals surface area contributed by atoms with Crippen molar-refractivity contribution < 1.29 is 4.74 Å². The van der Waals surface area contributed by atoms with Gasteiger partial charge in [-0.1, -0.05) is 35.0 Å². The zero-order chi connectivity index (χ0) is 13.8. The van der Waals surface area contributed by atoms with Gasteiger partial charge in [-0.3, -0.25) is 0 Å². The van der Waals surface area contributed by atoms with Gasteiger partial charge >= 0.3 is 0 Å². The van der Waals surface area contributed by atoms with E-state index in [-0.39, 0.29) is 6.04 Å². The second-order valence-corrected chi connectivity index (χ2v) is 5.45. The highest BCUT2D eigenvalue weighted by Crippen LogP contribution is 2.27. The Kier molecular flexibility index (Phi) is 4.61. The molecule has 0 saturated heterocycles. The maximum atomic E-state index is 5.99. The summed E-state index contributed by atoms with van der Waals surface area (Å²) in [6.45, 7) is 4.12. The van der Waals surface area contributed by atoms with Gasteiger partial charge in [-0.15, -0.1) is 0 Å². The molecular formula is C16H18BrNO. The van der Waals surface area contributed by atoms with E-state index in [0.717, 1.165) is 33.5 Å². The van der Waals surface area contributed by atoms with E-state index < -0.39 is 0 Å². The molecule has 2 N–H and O–H groups in total. The molecule has 2 aromatic carbocycles. The normalized spacial score (nSPS) is 12.2. The Bertz CT molecular complexity index is 551. The number of hydrogen-bond acceptors (Lipinski definition) is 2. The summed E-state index contributed by atoms with van der Waals surface area (Å²) in [7, 11) is 0. The van der Waals surface area contributed by atoms with Crippen molar-refractivity contribution >= 4 is 15.9 Å². The van der Waals surface area contributed by atoms with Crippen LogP contribution in [0.4, 0.5) is 0 Å². The minimum atomic E-state index is 0.101. The first-order valence-corrected chi connectivity index (χ1v) is 7.19. The van der Waals surface area contributed by atoms with Crippen LogP contribution in [0.25, 0.3) is 0 Å². The minimum absolute atomic E-state index is 0.101. The van der Waals surface area contributed by atoms with Crippen LogP contribution in [0.5, 0.6) is 11.5 Å². The van der Waals surface area contributed by atoms with Crippen molar-refractivity contribution in [3.63, 3.8) is 0 Å². The Morgan fingerprint density at radius 1 is 1.11 bits per heavy atom. The first-order valence-electron chi connectivity index (χ1n) is 6.39. The van der Waals surface area contributed by atoms with Crippen LogP contribution in [0.1, 0.15) is 30.5 Å². The summed E-state index contributed by atoms with van der Waals surface area (Å²) in [6.07, 6.45) is 0.937. The van der Waals surface area contributed by atoms with E-state index in [9.17, 15) is 0 Å². The fraction of sp³-hybridized carbons (Fsp3) is 0.250. The van der Waals surface area contributed by atoms with Gasteiger partial charge in [-0.2, -0.15) is 0 Å². The third-order valence-electron chi connectivity index (χ3n) is 3.11. The second-order valence-electron chi connectivity index (χ2n) is 4.60. The maximum Gasteiger partial charge on any atom is 0.127 e. The van der Waals surface area contributed by atoms with Crippen LogP contribution < -0.4 is 10.5 Å². The molecule has 0 unspecified atom stereocenters.